The lowest BCUT2D eigenvalue weighted by Crippen LogP contribution is -2.42. The van der Waals surface area contributed by atoms with Gasteiger partial charge in [-0.15, -0.1) is 0 Å². The van der Waals surface area contributed by atoms with Crippen molar-refractivity contribution >= 4 is 9.84 Å². The summed E-state index contributed by atoms with van der Waals surface area (Å²) >= 11 is 0. The molecule has 2 rings (SSSR count). The Morgan fingerprint density at radius 1 is 1.26 bits per heavy atom. The number of sulfone groups is 1. The van der Waals surface area contributed by atoms with E-state index in [0.29, 0.717) is 0 Å². The van der Waals surface area contributed by atoms with Crippen molar-refractivity contribution in [3.8, 4) is 0 Å². The molecule has 1 aromatic carbocycles. The van der Waals surface area contributed by atoms with Gasteiger partial charge in [-0.25, -0.2) is 8.42 Å². The number of hydrogen-bond acceptors (Lipinski definition) is 4. The van der Waals surface area contributed by atoms with Gasteiger partial charge in [0, 0.05) is 13.6 Å². The fourth-order valence-electron chi connectivity index (χ4n) is 1.97. The summed E-state index contributed by atoms with van der Waals surface area (Å²) in [4.78, 5) is 4.44. The van der Waals surface area contributed by atoms with E-state index in [1.54, 1.807) is 6.07 Å². The molecule has 1 heterocycles. The topological polar surface area (TPSA) is 46.6 Å². The van der Waals surface area contributed by atoms with Crippen LogP contribution in [0.2, 0.25) is 0 Å². The Labute approximate surface area is 108 Å². The molecule has 0 radical (unpaired) electrons. The van der Waals surface area contributed by atoms with Crippen LogP contribution >= 0.6 is 0 Å². The summed E-state index contributed by atoms with van der Waals surface area (Å²) in [5.74, 6) is 0. The van der Waals surface area contributed by atoms with Gasteiger partial charge < -0.3 is 0 Å². The molecule has 0 amide bonds. The number of benzene rings is 1. The van der Waals surface area contributed by atoms with Crippen molar-refractivity contribution in [2.45, 2.75) is 22.4 Å². The summed E-state index contributed by atoms with van der Waals surface area (Å²) in [6, 6.07) is 7.09. The normalized spacial score (nSPS) is 25.7. The fourth-order valence-corrected chi connectivity index (χ4v) is 3.79. The van der Waals surface area contributed by atoms with Crippen LogP contribution in [0.1, 0.15) is 0 Å². The van der Waals surface area contributed by atoms with Gasteiger partial charge in [0.15, 0.2) is 15.9 Å². The van der Waals surface area contributed by atoms with E-state index < -0.39 is 27.4 Å². The Kier molecular flexibility index (Phi) is 3.59. The van der Waals surface area contributed by atoms with Crippen LogP contribution in [-0.4, -0.2) is 44.6 Å². The second-order valence-electron chi connectivity index (χ2n) is 4.27. The Hall–Kier alpha value is -1.12. The molecule has 1 aliphatic rings. The van der Waals surface area contributed by atoms with E-state index in [1.807, 2.05) is 0 Å². The number of halogens is 3. The van der Waals surface area contributed by atoms with Gasteiger partial charge in [0.1, 0.15) is 5.25 Å². The molecule has 1 saturated heterocycles. The minimum absolute atomic E-state index is 0.131. The van der Waals surface area contributed by atoms with Crippen LogP contribution in [0.25, 0.3) is 0 Å². The van der Waals surface area contributed by atoms with Crippen molar-refractivity contribution in [1.29, 1.82) is 0 Å². The molecule has 4 nitrogen and oxygen atoms in total. The summed E-state index contributed by atoms with van der Waals surface area (Å²) in [5, 5.41) is -0.747. The third-order valence-electron chi connectivity index (χ3n) is 2.86. The van der Waals surface area contributed by atoms with Gasteiger partial charge in [-0.1, -0.05) is 18.2 Å². The first-order valence-electron chi connectivity index (χ1n) is 5.46. The Balaban J connectivity index is 2.40. The van der Waals surface area contributed by atoms with E-state index in [4.69, 9.17) is 0 Å². The molecule has 0 saturated carbocycles. The molecule has 0 bridgehead atoms. The summed E-state index contributed by atoms with van der Waals surface area (Å²) in [5.41, 5.74) is 0. The summed E-state index contributed by atoms with van der Waals surface area (Å²) in [7, 11) is -2.81. The van der Waals surface area contributed by atoms with Gasteiger partial charge in [0.2, 0.25) is 0 Å². The van der Waals surface area contributed by atoms with Crippen LogP contribution in [0.5, 0.6) is 0 Å². The van der Waals surface area contributed by atoms with Gasteiger partial charge in [0.05, 0.1) is 4.90 Å². The van der Waals surface area contributed by atoms with Gasteiger partial charge in [-0.05, 0) is 12.1 Å². The second kappa shape index (κ2) is 4.77. The SMILES string of the molecule is CN1C[C@H](S(=O)(=O)c2ccccc2)[C@@H](C(F)(F)F)O1. The van der Waals surface area contributed by atoms with E-state index in [-0.39, 0.29) is 11.4 Å². The molecular weight excluding hydrogens is 283 g/mol. The summed E-state index contributed by atoms with van der Waals surface area (Å²) in [6.45, 7) is -0.318. The molecule has 0 unspecified atom stereocenters. The standard InChI is InChI=1S/C11H12F3NO3S/c1-15-7-9(10(18-15)11(12,13)14)19(16,17)8-5-3-2-4-6-8/h2-6,9-10H,7H2,1H3/t9-,10-/m0/s1. The van der Waals surface area contributed by atoms with Gasteiger partial charge in [0.25, 0.3) is 0 Å². The molecule has 2 atom stereocenters. The molecule has 0 N–H and O–H groups in total. The van der Waals surface area contributed by atoms with Crippen LogP contribution in [0.4, 0.5) is 13.2 Å². The van der Waals surface area contributed by atoms with Crippen LogP contribution in [0.15, 0.2) is 35.2 Å². The van der Waals surface area contributed by atoms with Crippen molar-refractivity contribution in [3.05, 3.63) is 30.3 Å². The Bertz CT molecular complexity index is 544. The number of rotatable bonds is 2. The predicted molar refractivity (Wildman–Crippen MR) is 61.0 cm³/mol. The maximum absolute atomic E-state index is 12.8. The van der Waals surface area contributed by atoms with E-state index in [9.17, 15) is 21.6 Å². The van der Waals surface area contributed by atoms with E-state index in [0.717, 1.165) is 5.06 Å². The van der Waals surface area contributed by atoms with Crippen molar-refractivity contribution in [2.24, 2.45) is 0 Å². The van der Waals surface area contributed by atoms with E-state index in [1.165, 1.54) is 31.3 Å². The maximum Gasteiger partial charge on any atom is 0.418 e. The lowest BCUT2D eigenvalue weighted by Gasteiger charge is -2.20. The van der Waals surface area contributed by atoms with E-state index in [2.05, 4.69) is 4.84 Å². The third kappa shape index (κ3) is 2.75. The van der Waals surface area contributed by atoms with Gasteiger partial charge in [-0.3, -0.25) is 4.84 Å². The highest BCUT2D eigenvalue weighted by atomic mass is 32.2. The first-order chi connectivity index (χ1) is 8.73. The van der Waals surface area contributed by atoms with Crippen molar-refractivity contribution in [2.75, 3.05) is 13.6 Å². The number of hydrogen-bond donors (Lipinski definition) is 0. The van der Waals surface area contributed by atoms with Crippen LogP contribution < -0.4 is 0 Å². The van der Waals surface area contributed by atoms with Crippen molar-refractivity contribution < 1.29 is 26.4 Å². The average Bonchev–Trinajstić information content (AvgIpc) is 2.73. The molecule has 1 aromatic rings. The van der Waals surface area contributed by atoms with E-state index >= 15 is 0 Å². The zero-order chi connectivity index (χ0) is 14.3. The zero-order valence-corrected chi connectivity index (χ0v) is 10.8. The highest BCUT2D eigenvalue weighted by Crippen LogP contribution is 2.35. The highest BCUT2D eigenvalue weighted by molar-refractivity contribution is 7.92. The summed E-state index contributed by atoms with van der Waals surface area (Å²) < 4.78 is 62.9. The molecule has 106 valence electrons. The number of nitrogens with zero attached hydrogens (tertiary/aromatic N) is 1. The fraction of sp³-hybridized carbons (Fsp3) is 0.455. The lowest BCUT2D eigenvalue weighted by molar-refractivity contribution is -0.257. The van der Waals surface area contributed by atoms with Crippen molar-refractivity contribution in [3.63, 3.8) is 0 Å². The van der Waals surface area contributed by atoms with Crippen molar-refractivity contribution in [1.82, 2.24) is 5.06 Å². The predicted octanol–water partition coefficient (Wildman–Crippen LogP) is 1.64. The third-order valence-corrected chi connectivity index (χ3v) is 4.98. The van der Waals surface area contributed by atoms with Gasteiger partial charge >= 0.3 is 6.18 Å². The van der Waals surface area contributed by atoms with Gasteiger partial charge in [-0.2, -0.15) is 18.2 Å². The minimum atomic E-state index is -4.72. The molecule has 0 spiro atoms. The highest BCUT2D eigenvalue weighted by Gasteiger charge is 2.56. The summed E-state index contributed by atoms with van der Waals surface area (Å²) in [6.07, 6.45) is -7.06. The first-order valence-corrected chi connectivity index (χ1v) is 7.01. The zero-order valence-electron chi connectivity index (χ0n) is 9.96. The maximum atomic E-state index is 12.8. The smallest absolute Gasteiger partial charge is 0.285 e. The molecular formula is C11H12F3NO3S. The van der Waals surface area contributed by atoms with Crippen LogP contribution in [0, 0.1) is 0 Å². The minimum Gasteiger partial charge on any atom is -0.285 e. The Morgan fingerprint density at radius 3 is 2.37 bits per heavy atom. The quantitative estimate of drug-likeness (QED) is 0.832. The lowest BCUT2D eigenvalue weighted by atomic mass is 10.2. The molecule has 0 aliphatic carbocycles. The molecule has 1 fully saturated rings. The second-order valence-corrected chi connectivity index (χ2v) is 6.44. The van der Waals surface area contributed by atoms with Crippen LogP contribution in [-0.2, 0) is 14.7 Å². The molecule has 0 aromatic heterocycles. The molecule has 19 heavy (non-hydrogen) atoms. The molecule has 8 heteroatoms. The van der Waals surface area contributed by atoms with Crippen LogP contribution in [0.3, 0.4) is 0 Å². The number of hydroxylamine groups is 2. The number of alkyl halides is 3. The average molecular weight is 295 g/mol. The largest absolute Gasteiger partial charge is 0.418 e. The Morgan fingerprint density at radius 2 is 1.84 bits per heavy atom. The monoisotopic (exact) mass is 295 g/mol. The first kappa shape index (κ1) is 14.3. The molecule has 1 aliphatic heterocycles.